The Balaban J connectivity index is 2.52. The van der Waals surface area contributed by atoms with Gasteiger partial charge in [0.25, 0.3) is 0 Å². The SMILES string of the molecule is CC(C)S(=O)(=O)CCSc1nccnc1N. The molecule has 1 aromatic heterocycles. The smallest absolute Gasteiger partial charge is 0.156 e. The minimum atomic E-state index is -2.99. The molecule has 0 fully saturated rings. The first kappa shape index (κ1) is 13.2. The number of nitrogen functional groups attached to an aromatic ring is 1. The molecule has 0 unspecified atom stereocenters. The Morgan fingerprint density at radius 1 is 1.38 bits per heavy atom. The van der Waals surface area contributed by atoms with Crippen molar-refractivity contribution in [2.24, 2.45) is 0 Å². The lowest BCUT2D eigenvalue weighted by molar-refractivity contribution is 0.589. The van der Waals surface area contributed by atoms with E-state index in [1.807, 2.05) is 0 Å². The largest absolute Gasteiger partial charge is 0.381 e. The van der Waals surface area contributed by atoms with Gasteiger partial charge in [0.15, 0.2) is 15.7 Å². The van der Waals surface area contributed by atoms with Crippen molar-refractivity contribution in [3.63, 3.8) is 0 Å². The molecule has 0 aliphatic heterocycles. The number of nitrogens with two attached hydrogens (primary N) is 1. The zero-order valence-electron chi connectivity index (χ0n) is 9.25. The molecule has 1 aromatic rings. The Labute approximate surface area is 99.8 Å². The number of sulfone groups is 1. The fourth-order valence-electron chi connectivity index (χ4n) is 0.937. The number of anilines is 1. The van der Waals surface area contributed by atoms with Gasteiger partial charge in [-0.1, -0.05) is 0 Å². The summed E-state index contributed by atoms with van der Waals surface area (Å²) in [6.07, 6.45) is 3.04. The highest BCUT2D eigenvalue weighted by molar-refractivity contribution is 8.00. The van der Waals surface area contributed by atoms with E-state index in [4.69, 9.17) is 5.73 Å². The molecule has 5 nitrogen and oxygen atoms in total. The summed E-state index contributed by atoms with van der Waals surface area (Å²) in [4.78, 5) is 7.90. The number of aromatic nitrogens is 2. The average molecular weight is 261 g/mol. The molecule has 16 heavy (non-hydrogen) atoms. The second-order valence-corrected chi connectivity index (χ2v) is 7.27. The predicted octanol–water partition coefficient (Wildman–Crippen LogP) is 0.974. The van der Waals surface area contributed by atoms with Gasteiger partial charge in [-0.25, -0.2) is 18.4 Å². The molecule has 0 aromatic carbocycles. The van der Waals surface area contributed by atoms with E-state index in [1.165, 1.54) is 24.2 Å². The van der Waals surface area contributed by atoms with Crippen molar-refractivity contribution in [2.45, 2.75) is 24.1 Å². The van der Waals surface area contributed by atoms with Crippen LogP contribution in [-0.4, -0.2) is 35.1 Å². The Morgan fingerprint density at radius 3 is 2.56 bits per heavy atom. The maximum Gasteiger partial charge on any atom is 0.156 e. The number of hydrogen-bond acceptors (Lipinski definition) is 6. The van der Waals surface area contributed by atoms with Gasteiger partial charge in [-0.2, -0.15) is 0 Å². The lowest BCUT2D eigenvalue weighted by Crippen LogP contribution is -2.19. The van der Waals surface area contributed by atoms with E-state index in [2.05, 4.69) is 9.97 Å². The zero-order valence-corrected chi connectivity index (χ0v) is 10.9. The molecule has 0 aliphatic rings. The van der Waals surface area contributed by atoms with Gasteiger partial charge in [0.2, 0.25) is 0 Å². The van der Waals surface area contributed by atoms with Crippen LogP contribution in [0.25, 0.3) is 0 Å². The number of rotatable bonds is 5. The summed E-state index contributed by atoms with van der Waals surface area (Å²) in [5.41, 5.74) is 5.59. The van der Waals surface area contributed by atoms with E-state index in [0.717, 1.165) is 0 Å². The molecule has 0 aliphatic carbocycles. The van der Waals surface area contributed by atoms with Crippen LogP contribution < -0.4 is 5.73 Å². The van der Waals surface area contributed by atoms with Gasteiger partial charge in [0.05, 0.1) is 11.0 Å². The fourth-order valence-corrected chi connectivity index (χ4v) is 3.20. The van der Waals surface area contributed by atoms with Gasteiger partial charge < -0.3 is 5.73 Å². The molecular weight excluding hydrogens is 246 g/mol. The Hall–Kier alpha value is -0.820. The summed E-state index contributed by atoms with van der Waals surface area (Å²) in [6.45, 7) is 3.35. The van der Waals surface area contributed by atoms with E-state index in [9.17, 15) is 8.42 Å². The van der Waals surface area contributed by atoms with Crippen LogP contribution in [0.1, 0.15) is 13.8 Å². The Morgan fingerprint density at radius 2 is 2.00 bits per heavy atom. The second-order valence-electron chi connectivity index (χ2n) is 3.51. The first-order chi connectivity index (χ1) is 7.43. The van der Waals surface area contributed by atoms with Crippen molar-refractivity contribution < 1.29 is 8.42 Å². The van der Waals surface area contributed by atoms with Gasteiger partial charge in [-0.15, -0.1) is 11.8 Å². The molecule has 0 spiro atoms. The normalized spacial score (nSPS) is 11.9. The summed E-state index contributed by atoms with van der Waals surface area (Å²) >= 11 is 1.31. The van der Waals surface area contributed by atoms with E-state index in [1.54, 1.807) is 13.8 Å². The number of hydrogen-bond donors (Lipinski definition) is 1. The highest BCUT2D eigenvalue weighted by Crippen LogP contribution is 2.20. The first-order valence-corrected chi connectivity index (χ1v) is 7.54. The van der Waals surface area contributed by atoms with Crippen molar-refractivity contribution in [3.8, 4) is 0 Å². The molecule has 0 atom stereocenters. The van der Waals surface area contributed by atoms with Crippen LogP contribution in [0.5, 0.6) is 0 Å². The van der Waals surface area contributed by atoms with E-state index in [0.29, 0.717) is 16.6 Å². The van der Waals surface area contributed by atoms with Gasteiger partial charge in [0, 0.05) is 18.1 Å². The summed E-state index contributed by atoms with van der Waals surface area (Å²) in [7, 11) is -2.99. The van der Waals surface area contributed by atoms with Gasteiger partial charge in [-0.05, 0) is 13.8 Å². The van der Waals surface area contributed by atoms with Gasteiger partial charge in [0.1, 0.15) is 5.03 Å². The van der Waals surface area contributed by atoms with Crippen LogP contribution in [0.2, 0.25) is 0 Å². The zero-order chi connectivity index (χ0) is 12.2. The summed E-state index contributed by atoms with van der Waals surface area (Å²) in [5, 5.41) is 0.244. The van der Waals surface area contributed by atoms with E-state index >= 15 is 0 Å². The standard InChI is InChI=1S/C9H15N3O2S2/c1-7(2)16(13,14)6-5-15-9-8(10)11-3-4-12-9/h3-4,7H,5-6H2,1-2H3,(H2,10,11). The number of nitrogens with zero attached hydrogens (tertiary/aromatic N) is 2. The maximum atomic E-state index is 11.5. The third-order valence-corrected chi connectivity index (χ3v) is 5.48. The highest BCUT2D eigenvalue weighted by atomic mass is 32.2. The fraction of sp³-hybridized carbons (Fsp3) is 0.556. The van der Waals surface area contributed by atoms with Crippen LogP contribution in [0.4, 0.5) is 5.82 Å². The van der Waals surface area contributed by atoms with Crippen LogP contribution in [0, 0.1) is 0 Å². The van der Waals surface area contributed by atoms with Crippen molar-refractivity contribution in [1.29, 1.82) is 0 Å². The van der Waals surface area contributed by atoms with Crippen molar-refractivity contribution in [2.75, 3.05) is 17.2 Å². The molecule has 1 rings (SSSR count). The molecule has 0 radical (unpaired) electrons. The molecule has 0 amide bonds. The molecule has 7 heteroatoms. The van der Waals surface area contributed by atoms with Crippen molar-refractivity contribution in [3.05, 3.63) is 12.4 Å². The van der Waals surface area contributed by atoms with Crippen LogP contribution in [-0.2, 0) is 9.84 Å². The monoisotopic (exact) mass is 261 g/mol. The molecular formula is C9H15N3O2S2. The van der Waals surface area contributed by atoms with Crippen LogP contribution in [0.3, 0.4) is 0 Å². The molecule has 1 heterocycles. The summed E-state index contributed by atoms with van der Waals surface area (Å²) in [5.74, 6) is 0.920. The third kappa shape index (κ3) is 3.64. The van der Waals surface area contributed by atoms with Crippen LogP contribution in [0.15, 0.2) is 17.4 Å². The van der Waals surface area contributed by atoms with Crippen molar-refractivity contribution in [1.82, 2.24) is 9.97 Å². The van der Waals surface area contributed by atoms with E-state index in [-0.39, 0.29) is 11.0 Å². The average Bonchev–Trinajstić information content (AvgIpc) is 2.20. The maximum absolute atomic E-state index is 11.5. The third-order valence-electron chi connectivity index (χ3n) is 2.02. The number of thioether (sulfide) groups is 1. The Bertz CT molecular complexity index is 446. The first-order valence-electron chi connectivity index (χ1n) is 4.84. The second kappa shape index (κ2) is 5.49. The molecule has 0 bridgehead atoms. The topological polar surface area (TPSA) is 85.9 Å². The molecule has 90 valence electrons. The highest BCUT2D eigenvalue weighted by Gasteiger charge is 2.16. The molecule has 2 N–H and O–H groups in total. The lowest BCUT2D eigenvalue weighted by atomic mass is 10.6. The molecule has 0 saturated carbocycles. The summed E-state index contributed by atoms with van der Waals surface area (Å²) < 4.78 is 23.0. The predicted molar refractivity (Wildman–Crippen MR) is 66.1 cm³/mol. The minimum Gasteiger partial charge on any atom is -0.381 e. The van der Waals surface area contributed by atoms with Crippen molar-refractivity contribution >= 4 is 27.4 Å². The van der Waals surface area contributed by atoms with E-state index < -0.39 is 9.84 Å². The lowest BCUT2D eigenvalue weighted by Gasteiger charge is -2.07. The van der Waals surface area contributed by atoms with Crippen LogP contribution >= 0.6 is 11.8 Å². The quantitative estimate of drug-likeness (QED) is 0.795. The molecule has 0 saturated heterocycles. The Kier molecular flexibility index (Phi) is 4.55. The minimum absolute atomic E-state index is 0.130. The van der Waals surface area contributed by atoms with Gasteiger partial charge >= 0.3 is 0 Å². The van der Waals surface area contributed by atoms with Gasteiger partial charge in [-0.3, -0.25) is 0 Å². The summed E-state index contributed by atoms with van der Waals surface area (Å²) in [6, 6.07) is 0.